The van der Waals surface area contributed by atoms with E-state index in [1.807, 2.05) is 0 Å². The van der Waals surface area contributed by atoms with E-state index in [-0.39, 0.29) is 12.2 Å². The Morgan fingerprint density at radius 2 is 1.61 bits per heavy atom. The van der Waals surface area contributed by atoms with Gasteiger partial charge in [0.2, 0.25) is 0 Å². The number of allylic oxidation sites excluding steroid dienone is 1. The van der Waals surface area contributed by atoms with E-state index in [2.05, 4.69) is 0 Å². The molecule has 2 rings (SSSR count). The quantitative estimate of drug-likeness (QED) is 0.768. The Balaban J connectivity index is 2.43. The highest BCUT2D eigenvalue weighted by atomic mass is 35.5. The van der Waals surface area contributed by atoms with Crippen LogP contribution in [0.1, 0.15) is 12.0 Å². The molecule has 0 heterocycles. The Hall–Kier alpha value is -0.120. The molecule has 0 radical (unpaired) electrons. The highest BCUT2D eigenvalue weighted by molar-refractivity contribution is 6.55. The molecule has 1 unspecified atom stereocenters. The summed E-state index contributed by atoms with van der Waals surface area (Å²) in [6.07, 6.45) is 0.455. The van der Waals surface area contributed by atoms with Crippen molar-refractivity contribution in [2.45, 2.75) is 21.2 Å². The van der Waals surface area contributed by atoms with Crippen molar-refractivity contribution in [3.05, 3.63) is 35.9 Å². The molecular formula is C12H10Cl4O2. The monoisotopic (exact) mass is 326 g/mol. The molecule has 98 valence electrons. The molecule has 0 fully saturated rings. The molecule has 18 heavy (non-hydrogen) atoms. The van der Waals surface area contributed by atoms with Crippen LogP contribution in [0.2, 0.25) is 0 Å². The van der Waals surface area contributed by atoms with Gasteiger partial charge in [0.1, 0.15) is 11.9 Å². The highest BCUT2D eigenvalue weighted by Crippen LogP contribution is 2.49. The van der Waals surface area contributed by atoms with Crippen molar-refractivity contribution in [3.8, 4) is 5.75 Å². The van der Waals surface area contributed by atoms with Crippen LogP contribution in [0.4, 0.5) is 0 Å². The number of aliphatic hydroxyl groups is 1. The zero-order valence-electron chi connectivity index (χ0n) is 9.08. The number of benzene rings is 1. The molecule has 0 saturated heterocycles. The SMILES string of the molecule is Oc1ccc(C2=CC(Cl)(Cl)C(O)C(Cl)(Cl)C2)cc1. The summed E-state index contributed by atoms with van der Waals surface area (Å²) < 4.78 is -3.00. The van der Waals surface area contributed by atoms with E-state index in [1.54, 1.807) is 12.1 Å². The summed E-state index contributed by atoms with van der Waals surface area (Å²) in [7, 11) is 0. The number of alkyl halides is 4. The number of rotatable bonds is 1. The van der Waals surface area contributed by atoms with Crippen LogP contribution in [-0.4, -0.2) is 25.0 Å². The normalized spacial score (nSPS) is 25.6. The van der Waals surface area contributed by atoms with Crippen LogP contribution in [-0.2, 0) is 0 Å². The summed E-state index contributed by atoms with van der Waals surface area (Å²) in [4.78, 5) is 0. The van der Waals surface area contributed by atoms with E-state index in [9.17, 15) is 10.2 Å². The number of hydrogen-bond acceptors (Lipinski definition) is 2. The maximum Gasteiger partial charge on any atom is 0.165 e. The van der Waals surface area contributed by atoms with Crippen LogP contribution in [0.25, 0.3) is 5.57 Å². The van der Waals surface area contributed by atoms with Crippen molar-refractivity contribution in [2.24, 2.45) is 0 Å². The smallest absolute Gasteiger partial charge is 0.165 e. The standard InChI is InChI=1S/C12H10Cl4O2/c13-11(14)5-8(6-12(15,16)10(11)18)7-1-3-9(17)4-2-7/h1-5,10,17-18H,6H2. The van der Waals surface area contributed by atoms with Gasteiger partial charge in [-0.3, -0.25) is 0 Å². The van der Waals surface area contributed by atoms with Gasteiger partial charge in [-0.2, -0.15) is 0 Å². The third kappa shape index (κ3) is 2.73. The summed E-state index contributed by atoms with van der Waals surface area (Å²) in [6, 6.07) is 6.48. The number of aromatic hydroxyl groups is 1. The van der Waals surface area contributed by atoms with Gasteiger partial charge in [0.15, 0.2) is 8.67 Å². The van der Waals surface area contributed by atoms with Crippen LogP contribution >= 0.6 is 46.4 Å². The van der Waals surface area contributed by atoms with Crippen molar-refractivity contribution in [1.29, 1.82) is 0 Å². The second-order valence-corrected chi connectivity index (χ2v) is 7.22. The van der Waals surface area contributed by atoms with Crippen molar-refractivity contribution < 1.29 is 10.2 Å². The minimum absolute atomic E-state index is 0.154. The maximum atomic E-state index is 9.86. The molecule has 0 saturated carbocycles. The van der Waals surface area contributed by atoms with Crippen molar-refractivity contribution in [3.63, 3.8) is 0 Å². The molecule has 0 bridgehead atoms. The van der Waals surface area contributed by atoms with E-state index in [1.165, 1.54) is 18.2 Å². The molecule has 1 aliphatic carbocycles. The number of halogens is 4. The van der Waals surface area contributed by atoms with Gasteiger partial charge in [0.05, 0.1) is 0 Å². The topological polar surface area (TPSA) is 40.5 Å². The Labute approximate surface area is 125 Å². The van der Waals surface area contributed by atoms with Crippen LogP contribution in [0, 0.1) is 0 Å². The van der Waals surface area contributed by atoms with Crippen molar-refractivity contribution in [1.82, 2.24) is 0 Å². The Kier molecular flexibility index (Phi) is 3.79. The predicted octanol–water partition coefficient (Wildman–Crippen LogP) is 3.89. The fourth-order valence-electron chi connectivity index (χ4n) is 1.86. The molecule has 1 atom stereocenters. The van der Waals surface area contributed by atoms with Crippen LogP contribution in [0.15, 0.2) is 30.3 Å². The van der Waals surface area contributed by atoms with Gasteiger partial charge in [0.25, 0.3) is 0 Å². The number of phenols is 1. The molecule has 6 heteroatoms. The fourth-order valence-corrected chi connectivity index (χ4v) is 3.35. The first-order valence-corrected chi connectivity index (χ1v) is 6.68. The maximum absolute atomic E-state index is 9.86. The summed E-state index contributed by atoms with van der Waals surface area (Å²) in [5.74, 6) is 0.154. The van der Waals surface area contributed by atoms with E-state index >= 15 is 0 Å². The van der Waals surface area contributed by atoms with Crippen LogP contribution in [0.3, 0.4) is 0 Å². The fraction of sp³-hybridized carbons (Fsp3) is 0.333. The van der Waals surface area contributed by atoms with Gasteiger partial charge in [-0.1, -0.05) is 58.5 Å². The van der Waals surface area contributed by atoms with E-state index in [4.69, 9.17) is 46.4 Å². The highest BCUT2D eigenvalue weighted by Gasteiger charge is 2.50. The Morgan fingerprint density at radius 1 is 1.06 bits per heavy atom. The third-order valence-electron chi connectivity index (χ3n) is 2.80. The Morgan fingerprint density at radius 3 is 2.11 bits per heavy atom. The zero-order valence-corrected chi connectivity index (χ0v) is 12.1. The largest absolute Gasteiger partial charge is 0.508 e. The molecule has 0 aromatic heterocycles. The minimum Gasteiger partial charge on any atom is -0.508 e. The molecular weight excluding hydrogens is 318 g/mol. The van der Waals surface area contributed by atoms with Gasteiger partial charge in [0, 0.05) is 6.42 Å². The number of aliphatic hydroxyl groups excluding tert-OH is 1. The van der Waals surface area contributed by atoms with Gasteiger partial charge in [-0.25, -0.2) is 0 Å². The van der Waals surface area contributed by atoms with Gasteiger partial charge >= 0.3 is 0 Å². The molecule has 1 aliphatic rings. The Bertz CT molecular complexity index is 479. The molecule has 1 aromatic carbocycles. The lowest BCUT2D eigenvalue weighted by molar-refractivity contribution is 0.148. The second-order valence-electron chi connectivity index (χ2n) is 4.23. The molecule has 0 amide bonds. The van der Waals surface area contributed by atoms with E-state index in [0.29, 0.717) is 0 Å². The van der Waals surface area contributed by atoms with E-state index in [0.717, 1.165) is 11.1 Å². The lowest BCUT2D eigenvalue weighted by atomic mass is 9.90. The molecule has 1 aromatic rings. The van der Waals surface area contributed by atoms with E-state index < -0.39 is 14.8 Å². The summed E-state index contributed by atoms with van der Waals surface area (Å²) >= 11 is 24.1. The number of hydrogen-bond donors (Lipinski definition) is 2. The lowest BCUT2D eigenvalue weighted by Gasteiger charge is -2.38. The van der Waals surface area contributed by atoms with Crippen molar-refractivity contribution >= 4 is 52.0 Å². The van der Waals surface area contributed by atoms with Gasteiger partial charge in [-0.15, -0.1) is 0 Å². The summed E-state index contributed by atoms with van der Waals surface area (Å²) in [5.41, 5.74) is 1.51. The first kappa shape index (κ1) is 14.3. The predicted molar refractivity (Wildman–Crippen MR) is 75.6 cm³/mol. The lowest BCUT2D eigenvalue weighted by Crippen LogP contribution is -2.46. The molecule has 2 N–H and O–H groups in total. The molecule has 0 aliphatic heterocycles. The van der Waals surface area contributed by atoms with Crippen molar-refractivity contribution in [2.75, 3.05) is 0 Å². The van der Waals surface area contributed by atoms with Gasteiger partial charge in [-0.05, 0) is 29.3 Å². The molecule has 0 spiro atoms. The minimum atomic E-state index is -1.55. The first-order chi connectivity index (χ1) is 8.22. The average molecular weight is 328 g/mol. The van der Waals surface area contributed by atoms with Crippen LogP contribution < -0.4 is 0 Å². The van der Waals surface area contributed by atoms with Crippen LogP contribution in [0.5, 0.6) is 5.75 Å². The number of phenolic OH excluding ortho intramolecular Hbond substituents is 1. The summed E-state index contributed by atoms with van der Waals surface area (Å²) in [5, 5.41) is 19.1. The second kappa shape index (κ2) is 4.77. The zero-order chi connectivity index (χ0) is 13.6. The van der Waals surface area contributed by atoms with Gasteiger partial charge < -0.3 is 10.2 Å². The third-order valence-corrected chi connectivity index (χ3v) is 4.11. The first-order valence-electron chi connectivity index (χ1n) is 5.17. The molecule has 2 nitrogen and oxygen atoms in total. The average Bonchev–Trinajstić information content (AvgIpc) is 2.26. The summed E-state index contributed by atoms with van der Waals surface area (Å²) in [6.45, 7) is 0.